The Morgan fingerprint density at radius 2 is 1.86 bits per heavy atom. The third-order valence-electron chi connectivity index (χ3n) is 11.4. The molecule has 8 atom stereocenters. The molecule has 0 aliphatic heterocycles. The van der Waals surface area contributed by atoms with Crippen LogP contribution >= 0.6 is 11.8 Å². The molecule has 0 saturated heterocycles. The number of ether oxygens (including phenoxy) is 1. The predicted molar refractivity (Wildman–Crippen MR) is 155 cm³/mol. The molecule has 4 aliphatic carbocycles. The number of rotatable bonds is 12. The number of ketones is 1. The van der Waals surface area contributed by atoms with Gasteiger partial charge in [-0.25, -0.2) is 0 Å². The highest BCUT2D eigenvalue weighted by Gasteiger charge is 2.59. The smallest absolute Gasteiger partial charge is 0.130 e. The van der Waals surface area contributed by atoms with Crippen molar-refractivity contribution in [3.8, 4) is 0 Å². The van der Waals surface area contributed by atoms with E-state index in [0.717, 1.165) is 60.0 Å². The van der Waals surface area contributed by atoms with E-state index in [4.69, 9.17) is 4.74 Å². The number of fused-ring (bicyclic) bond motifs is 5. The van der Waals surface area contributed by atoms with Crippen molar-refractivity contribution in [1.82, 2.24) is 0 Å². The Morgan fingerprint density at radius 1 is 1.06 bits per heavy atom. The molecule has 0 spiro atoms. The summed E-state index contributed by atoms with van der Waals surface area (Å²) in [5.41, 5.74) is 2.74. The lowest BCUT2D eigenvalue weighted by Crippen LogP contribution is -2.51. The highest BCUT2D eigenvalue weighted by molar-refractivity contribution is 7.99. The van der Waals surface area contributed by atoms with Crippen molar-refractivity contribution < 1.29 is 9.53 Å². The van der Waals surface area contributed by atoms with Gasteiger partial charge in [0, 0.05) is 17.9 Å². The molecular weight excluding hydrogens is 460 g/mol. The maximum atomic E-state index is 11.1. The monoisotopic (exact) mass is 516 g/mol. The lowest BCUT2D eigenvalue weighted by molar-refractivity contribution is -0.116. The van der Waals surface area contributed by atoms with Gasteiger partial charge in [-0.2, -0.15) is 11.8 Å². The molecule has 0 amide bonds. The second kappa shape index (κ2) is 12.3. The van der Waals surface area contributed by atoms with Gasteiger partial charge in [-0.05, 0) is 105 Å². The molecule has 3 heteroatoms. The Hall–Kier alpha value is -0.280. The summed E-state index contributed by atoms with van der Waals surface area (Å²) in [6.07, 6.45) is 19.0. The van der Waals surface area contributed by atoms with E-state index >= 15 is 0 Å². The fraction of sp³-hybridized carbons (Fsp3) is 0.909. The van der Waals surface area contributed by atoms with E-state index in [1.807, 2.05) is 11.8 Å². The van der Waals surface area contributed by atoms with Crippen molar-refractivity contribution in [2.75, 3.05) is 18.1 Å². The fourth-order valence-electron chi connectivity index (χ4n) is 9.39. The van der Waals surface area contributed by atoms with Crippen LogP contribution in [-0.2, 0) is 9.53 Å². The minimum absolute atomic E-state index is 0.296. The van der Waals surface area contributed by atoms with Gasteiger partial charge in [-0.3, -0.25) is 4.79 Å². The van der Waals surface area contributed by atoms with Gasteiger partial charge in [-0.15, -0.1) is 0 Å². The SMILES string of the molecule is CC(=O)CCSCCO[C@H]1CC[C@@]2(C)C(=CC[C@H]3[C@@H]4CC[C@H]([C@H](C)CCCC(C)C)[C@@]4(C)CC[C@@H]32)C1. The number of hydrogen-bond acceptors (Lipinski definition) is 3. The first-order valence-electron chi connectivity index (χ1n) is 15.5. The standard InChI is InChI=1S/C33H56O2S/c1-23(2)8-7-9-24(3)29-12-13-30-28-11-10-26-22-27(35-19-21-36-20-16-25(4)34)14-17-32(26,5)31(28)15-18-33(29,30)6/h10,23-24,27-31H,7-9,11-22H2,1-6H3/t24-,27+,28+,29-,30+,31+,32+,33-/m1/s1. The molecule has 3 saturated carbocycles. The van der Waals surface area contributed by atoms with Crippen LogP contribution in [0.15, 0.2) is 11.6 Å². The van der Waals surface area contributed by atoms with Crippen molar-refractivity contribution in [3.05, 3.63) is 11.6 Å². The second-order valence-electron chi connectivity index (χ2n) is 14.1. The summed E-state index contributed by atoms with van der Waals surface area (Å²) >= 11 is 1.86. The lowest BCUT2D eigenvalue weighted by Gasteiger charge is -2.58. The van der Waals surface area contributed by atoms with Crippen LogP contribution in [0.2, 0.25) is 0 Å². The molecular formula is C33H56O2S. The summed E-state index contributed by atoms with van der Waals surface area (Å²) in [4.78, 5) is 11.1. The van der Waals surface area contributed by atoms with Crippen LogP contribution in [-0.4, -0.2) is 30.0 Å². The van der Waals surface area contributed by atoms with Crippen molar-refractivity contribution in [1.29, 1.82) is 0 Å². The second-order valence-corrected chi connectivity index (χ2v) is 15.3. The minimum atomic E-state index is 0.296. The molecule has 0 heterocycles. The van der Waals surface area contributed by atoms with Crippen LogP contribution < -0.4 is 0 Å². The molecule has 0 unspecified atom stereocenters. The molecule has 2 nitrogen and oxygen atoms in total. The number of carbonyl (C=O) groups is 1. The van der Waals surface area contributed by atoms with Gasteiger partial charge in [-0.1, -0.05) is 65.5 Å². The third-order valence-corrected chi connectivity index (χ3v) is 12.4. The number of allylic oxidation sites excluding steroid dienone is 1. The molecule has 0 aromatic heterocycles. The first-order chi connectivity index (χ1) is 17.1. The van der Waals surface area contributed by atoms with Crippen LogP contribution in [0.3, 0.4) is 0 Å². The van der Waals surface area contributed by atoms with Crippen LogP contribution in [0.5, 0.6) is 0 Å². The van der Waals surface area contributed by atoms with Crippen molar-refractivity contribution in [2.24, 2.45) is 46.3 Å². The first kappa shape index (κ1) is 28.7. The summed E-state index contributed by atoms with van der Waals surface area (Å²) in [6.45, 7) is 15.2. The molecule has 206 valence electrons. The Bertz CT molecular complexity index is 774. The zero-order valence-electron chi connectivity index (χ0n) is 24.5. The Kier molecular flexibility index (Phi) is 9.79. The van der Waals surface area contributed by atoms with Crippen LogP contribution in [0.25, 0.3) is 0 Å². The fourth-order valence-corrected chi connectivity index (χ4v) is 10.2. The average Bonchev–Trinajstić information content (AvgIpc) is 3.18. The molecule has 4 aliphatic rings. The summed E-state index contributed by atoms with van der Waals surface area (Å²) in [5.74, 6) is 7.71. The molecule has 0 N–H and O–H groups in total. The predicted octanol–water partition coefficient (Wildman–Crippen LogP) is 9.13. The summed E-state index contributed by atoms with van der Waals surface area (Å²) in [6, 6.07) is 0. The van der Waals surface area contributed by atoms with E-state index in [0.29, 0.717) is 29.1 Å². The van der Waals surface area contributed by atoms with E-state index in [9.17, 15) is 4.79 Å². The summed E-state index contributed by atoms with van der Waals surface area (Å²) < 4.78 is 6.35. The maximum Gasteiger partial charge on any atom is 0.130 e. The van der Waals surface area contributed by atoms with Crippen molar-refractivity contribution >= 4 is 17.5 Å². The van der Waals surface area contributed by atoms with Crippen LogP contribution in [0, 0.1) is 46.3 Å². The lowest BCUT2D eigenvalue weighted by atomic mass is 9.47. The molecule has 0 radical (unpaired) electrons. The highest BCUT2D eigenvalue weighted by Crippen LogP contribution is 2.67. The average molecular weight is 517 g/mol. The topological polar surface area (TPSA) is 26.3 Å². The van der Waals surface area contributed by atoms with E-state index in [2.05, 4.69) is 40.7 Å². The van der Waals surface area contributed by atoms with Gasteiger partial charge in [0.25, 0.3) is 0 Å². The minimum Gasteiger partial charge on any atom is -0.377 e. The van der Waals surface area contributed by atoms with Crippen LogP contribution in [0.4, 0.5) is 0 Å². The number of carbonyl (C=O) groups excluding carboxylic acids is 1. The number of thioether (sulfide) groups is 1. The normalized spacial score (nSPS) is 38.8. The Balaban J connectivity index is 1.33. The van der Waals surface area contributed by atoms with Gasteiger partial charge >= 0.3 is 0 Å². The Morgan fingerprint density at radius 3 is 2.61 bits per heavy atom. The molecule has 0 aromatic rings. The van der Waals surface area contributed by atoms with E-state index in [1.165, 1.54) is 64.2 Å². The van der Waals surface area contributed by atoms with Crippen molar-refractivity contribution in [2.45, 2.75) is 125 Å². The third kappa shape index (κ3) is 6.13. The summed E-state index contributed by atoms with van der Waals surface area (Å²) in [7, 11) is 0. The maximum absolute atomic E-state index is 11.1. The molecule has 36 heavy (non-hydrogen) atoms. The van der Waals surface area contributed by atoms with Gasteiger partial charge in [0.15, 0.2) is 0 Å². The quantitative estimate of drug-likeness (QED) is 0.191. The van der Waals surface area contributed by atoms with Crippen LogP contribution in [0.1, 0.15) is 119 Å². The van der Waals surface area contributed by atoms with E-state index < -0.39 is 0 Å². The highest BCUT2D eigenvalue weighted by atomic mass is 32.2. The van der Waals surface area contributed by atoms with Gasteiger partial charge in [0.1, 0.15) is 5.78 Å². The van der Waals surface area contributed by atoms with Gasteiger partial charge in [0.05, 0.1) is 12.7 Å². The molecule has 0 aromatic carbocycles. The van der Waals surface area contributed by atoms with Gasteiger partial charge in [0.2, 0.25) is 0 Å². The first-order valence-corrected chi connectivity index (χ1v) is 16.7. The molecule has 0 bridgehead atoms. The largest absolute Gasteiger partial charge is 0.377 e. The van der Waals surface area contributed by atoms with E-state index in [1.54, 1.807) is 12.5 Å². The Labute approximate surface area is 227 Å². The number of hydrogen-bond donors (Lipinski definition) is 0. The number of Topliss-reactive ketones (excluding diaryl/α,β-unsaturated/α-hetero) is 1. The zero-order valence-corrected chi connectivity index (χ0v) is 25.3. The van der Waals surface area contributed by atoms with Crippen molar-refractivity contribution in [3.63, 3.8) is 0 Å². The zero-order chi connectivity index (χ0) is 25.9. The molecule has 4 rings (SSSR count). The summed E-state index contributed by atoms with van der Waals surface area (Å²) in [5, 5.41) is 0. The van der Waals surface area contributed by atoms with E-state index in [-0.39, 0.29) is 0 Å². The van der Waals surface area contributed by atoms with Gasteiger partial charge < -0.3 is 4.74 Å². The molecule has 3 fully saturated rings.